The molecule has 0 radical (unpaired) electrons. The third-order valence-corrected chi connectivity index (χ3v) is 2.76. The number of alkyl halides is 1. The van der Waals surface area contributed by atoms with E-state index in [0.717, 1.165) is 32.5 Å². The first kappa shape index (κ1) is 11.8. The summed E-state index contributed by atoms with van der Waals surface area (Å²) in [5, 5.41) is -0.406. The number of carbonyl (C=O) groups is 1. The maximum absolute atomic E-state index is 11.6. The molecule has 1 rings (SSSR count). The fraction of sp³-hybridized carbons (Fsp3) is 0.900. The van der Waals surface area contributed by atoms with Crippen molar-refractivity contribution in [3.8, 4) is 0 Å². The van der Waals surface area contributed by atoms with Gasteiger partial charge >= 0.3 is 0 Å². The number of methoxy groups -OCH3 is 1. The molecule has 82 valence electrons. The van der Waals surface area contributed by atoms with Crippen LogP contribution >= 0.6 is 11.6 Å². The van der Waals surface area contributed by atoms with Crippen molar-refractivity contribution in [1.82, 2.24) is 4.90 Å². The van der Waals surface area contributed by atoms with Gasteiger partial charge in [-0.05, 0) is 25.7 Å². The lowest BCUT2D eigenvalue weighted by Gasteiger charge is -2.33. The number of carbonyl (C=O) groups excluding carboxylic acids is 1. The van der Waals surface area contributed by atoms with Gasteiger partial charge in [0.2, 0.25) is 5.91 Å². The van der Waals surface area contributed by atoms with Crippen molar-refractivity contribution in [3.63, 3.8) is 0 Å². The second kappa shape index (κ2) is 5.56. The van der Waals surface area contributed by atoms with E-state index in [4.69, 9.17) is 16.3 Å². The zero-order chi connectivity index (χ0) is 10.6. The molecule has 14 heavy (non-hydrogen) atoms. The molecule has 1 heterocycles. The molecule has 1 saturated heterocycles. The van der Waals surface area contributed by atoms with Gasteiger partial charge in [0.15, 0.2) is 0 Å². The van der Waals surface area contributed by atoms with E-state index >= 15 is 0 Å². The molecule has 2 atom stereocenters. The minimum absolute atomic E-state index is 0.0486. The van der Waals surface area contributed by atoms with Gasteiger partial charge in [-0.3, -0.25) is 4.79 Å². The van der Waals surface area contributed by atoms with Crippen molar-refractivity contribution in [1.29, 1.82) is 0 Å². The van der Waals surface area contributed by atoms with Crippen LogP contribution in [0.25, 0.3) is 0 Å². The van der Waals surface area contributed by atoms with Crippen LogP contribution in [0.3, 0.4) is 0 Å². The average molecular weight is 220 g/mol. The van der Waals surface area contributed by atoms with Crippen molar-refractivity contribution in [2.24, 2.45) is 5.92 Å². The van der Waals surface area contributed by atoms with E-state index in [1.54, 1.807) is 14.0 Å². The Morgan fingerprint density at radius 3 is 3.00 bits per heavy atom. The van der Waals surface area contributed by atoms with Crippen molar-refractivity contribution < 1.29 is 9.53 Å². The van der Waals surface area contributed by atoms with Crippen LogP contribution < -0.4 is 0 Å². The predicted molar refractivity (Wildman–Crippen MR) is 56.5 cm³/mol. The molecule has 1 fully saturated rings. The van der Waals surface area contributed by atoms with Gasteiger partial charge in [0, 0.05) is 20.2 Å². The molecule has 1 amide bonds. The van der Waals surface area contributed by atoms with Crippen LogP contribution in [0.5, 0.6) is 0 Å². The summed E-state index contributed by atoms with van der Waals surface area (Å²) in [7, 11) is 1.70. The van der Waals surface area contributed by atoms with Gasteiger partial charge in [0.1, 0.15) is 5.38 Å². The summed E-state index contributed by atoms with van der Waals surface area (Å²) < 4.78 is 5.10. The highest BCUT2D eigenvalue weighted by atomic mass is 35.5. The highest BCUT2D eigenvalue weighted by Crippen LogP contribution is 2.18. The monoisotopic (exact) mass is 219 g/mol. The quantitative estimate of drug-likeness (QED) is 0.674. The van der Waals surface area contributed by atoms with Gasteiger partial charge < -0.3 is 9.64 Å². The second-order valence-corrected chi connectivity index (χ2v) is 4.52. The van der Waals surface area contributed by atoms with Crippen LogP contribution in [0.2, 0.25) is 0 Å². The SMILES string of the molecule is COC[C@H]1CCCN(C(=O)[C@H](C)Cl)C1. The highest BCUT2D eigenvalue weighted by Gasteiger charge is 2.25. The largest absolute Gasteiger partial charge is 0.384 e. The summed E-state index contributed by atoms with van der Waals surface area (Å²) in [5.41, 5.74) is 0. The van der Waals surface area contributed by atoms with Gasteiger partial charge in [-0.25, -0.2) is 0 Å². The Hall–Kier alpha value is -0.280. The molecule has 0 bridgehead atoms. The van der Waals surface area contributed by atoms with Crippen LogP contribution in [0.4, 0.5) is 0 Å². The molecule has 0 aromatic rings. The zero-order valence-electron chi connectivity index (χ0n) is 8.83. The smallest absolute Gasteiger partial charge is 0.240 e. The Morgan fingerprint density at radius 1 is 1.71 bits per heavy atom. The van der Waals surface area contributed by atoms with Gasteiger partial charge in [-0.15, -0.1) is 11.6 Å². The fourth-order valence-corrected chi connectivity index (χ4v) is 2.03. The van der Waals surface area contributed by atoms with Gasteiger partial charge in [-0.1, -0.05) is 0 Å². The fourth-order valence-electron chi connectivity index (χ4n) is 1.89. The molecule has 0 aromatic heterocycles. The molecule has 3 nitrogen and oxygen atoms in total. The topological polar surface area (TPSA) is 29.5 Å². The summed E-state index contributed by atoms with van der Waals surface area (Å²) in [6.45, 7) is 4.10. The lowest BCUT2D eigenvalue weighted by molar-refractivity contribution is -0.132. The first-order chi connectivity index (χ1) is 6.65. The maximum atomic E-state index is 11.6. The van der Waals surface area contributed by atoms with E-state index in [2.05, 4.69) is 0 Å². The zero-order valence-corrected chi connectivity index (χ0v) is 9.59. The van der Waals surface area contributed by atoms with Crippen molar-refractivity contribution in [2.45, 2.75) is 25.1 Å². The summed E-state index contributed by atoms with van der Waals surface area (Å²) >= 11 is 5.76. The first-order valence-corrected chi connectivity index (χ1v) is 5.50. The normalized spacial score (nSPS) is 24.8. The number of hydrogen-bond donors (Lipinski definition) is 0. The molecule has 0 spiro atoms. The van der Waals surface area contributed by atoms with E-state index in [9.17, 15) is 4.79 Å². The molecular weight excluding hydrogens is 202 g/mol. The second-order valence-electron chi connectivity index (χ2n) is 3.86. The van der Waals surface area contributed by atoms with Crippen molar-refractivity contribution in [3.05, 3.63) is 0 Å². The molecule has 0 aliphatic carbocycles. The number of piperidine rings is 1. The molecule has 1 aliphatic heterocycles. The molecular formula is C10H18ClNO2. The minimum Gasteiger partial charge on any atom is -0.384 e. The highest BCUT2D eigenvalue weighted by molar-refractivity contribution is 6.30. The lowest BCUT2D eigenvalue weighted by Crippen LogP contribution is -2.43. The van der Waals surface area contributed by atoms with Crippen LogP contribution in [-0.4, -0.2) is 43.0 Å². The number of halogens is 1. The first-order valence-electron chi connectivity index (χ1n) is 5.07. The van der Waals surface area contributed by atoms with E-state index in [1.807, 2.05) is 4.90 Å². The Kier molecular flexibility index (Phi) is 4.69. The number of amides is 1. The van der Waals surface area contributed by atoms with Gasteiger partial charge in [0.05, 0.1) is 6.61 Å². The van der Waals surface area contributed by atoms with Crippen LogP contribution in [0.1, 0.15) is 19.8 Å². The van der Waals surface area contributed by atoms with E-state index in [0.29, 0.717) is 5.92 Å². The van der Waals surface area contributed by atoms with E-state index in [1.165, 1.54) is 0 Å². The molecule has 1 aliphatic rings. The number of ether oxygens (including phenoxy) is 1. The summed E-state index contributed by atoms with van der Waals surface area (Å²) in [6.07, 6.45) is 2.21. The lowest BCUT2D eigenvalue weighted by atomic mass is 9.99. The molecule has 0 saturated carbocycles. The van der Waals surface area contributed by atoms with E-state index < -0.39 is 5.38 Å². The molecule has 0 unspecified atom stereocenters. The average Bonchev–Trinajstić information content (AvgIpc) is 2.17. The Morgan fingerprint density at radius 2 is 2.43 bits per heavy atom. The third kappa shape index (κ3) is 3.14. The predicted octanol–water partition coefficient (Wildman–Crippen LogP) is 1.50. The molecule has 0 N–H and O–H groups in total. The van der Waals surface area contributed by atoms with Crippen molar-refractivity contribution >= 4 is 17.5 Å². The Labute approximate surface area is 90.4 Å². The number of rotatable bonds is 3. The number of likely N-dealkylation sites (tertiary alicyclic amines) is 1. The summed E-state index contributed by atoms with van der Waals surface area (Å²) in [5.74, 6) is 0.528. The van der Waals surface area contributed by atoms with Crippen LogP contribution in [-0.2, 0) is 9.53 Å². The Balaban J connectivity index is 2.43. The standard InChI is InChI=1S/C10H18ClNO2/c1-8(11)10(13)12-5-3-4-9(6-12)7-14-2/h8-9H,3-7H2,1-2H3/t8-,9-/m0/s1. The van der Waals surface area contributed by atoms with Crippen LogP contribution in [0, 0.1) is 5.92 Å². The minimum atomic E-state index is -0.406. The van der Waals surface area contributed by atoms with E-state index in [-0.39, 0.29) is 5.91 Å². The van der Waals surface area contributed by atoms with Gasteiger partial charge in [0.25, 0.3) is 0 Å². The van der Waals surface area contributed by atoms with Gasteiger partial charge in [-0.2, -0.15) is 0 Å². The summed E-state index contributed by atoms with van der Waals surface area (Å²) in [6, 6.07) is 0. The maximum Gasteiger partial charge on any atom is 0.240 e. The van der Waals surface area contributed by atoms with Crippen molar-refractivity contribution in [2.75, 3.05) is 26.8 Å². The van der Waals surface area contributed by atoms with Crippen LogP contribution in [0.15, 0.2) is 0 Å². The number of hydrogen-bond acceptors (Lipinski definition) is 2. The number of nitrogens with zero attached hydrogens (tertiary/aromatic N) is 1. The summed E-state index contributed by atoms with van der Waals surface area (Å²) in [4.78, 5) is 13.5. The Bertz CT molecular complexity index is 195. The molecule has 0 aromatic carbocycles. The third-order valence-electron chi connectivity index (χ3n) is 2.57. The molecule has 4 heteroatoms.